The molecule has 0 atom stereocenters. The first-order chi connectivity index (χ1) is 9.72. The molecule has 2 heterocycles. The van der Waals surface area contributed by atoms with E-state index in [0.29, 0.717) is 0 Å². The van der Waals surface area contributed by atoms with Crippen molar-refractivity contribution < 1.29 is 4.42 Å². The second kappa shape index (κ2) is 7.81. The quantitative estimate of drug-likeness (QED) is 0.829. The van der Waals surface area contributed by atoms with Crippen molar-refractivity contribution in [2.75, 3.05) is 39.3 Å². The van der Waals surface area contributed by atoms with Gasteiger partial charge in [-0.1, -0.05) is 13.8 Å². The highest BCUT2D eigenvalue weighted by Crippen LogP contribution is 2.17. The molecule has 1 aliphatic heterocycles. The molecule has 2 rings (SSSR count). The summed E-state index contributed by atoms with van der Waals surface area (Å²) in [6.45, 7) is 15.3. The second-order valence-electron chi connectivity index (χ2n) is 5.69. The van der Waals surface area contributed by atoms with Crippen LogP contribution in [-0.2, 0) is 13.1 Å². The summed E-state index contributed by atoms with van der Waals surface area (Å²) >= 11 is 0. The fraction of sp³-hybridized carbons (Fsp3) is 0.750. The third kappa shape index (κ3) is 4.33. The van der Waals surface area contributed by atoms with Crippen molar-refractivity contribution in [2.24, 2.45) is 0 Å². The van der Waals surface area contributed by atoms with Gasteiger partial charge in [0.25, 0.3) is 0 Å². The lowest BCUT2D eigenvalue weighted by molar-refractivity contribution is 0.127. The van der Waals surface area contributed by atoms with E-state index in [1.165, 1.54) is 44.7 Å². The maximum absolute atomic E-state index is 5.82. The summed E-state index contributed by atoms with van der Waals surface area (Å²) in [7, 11) is 0. The molecule has 0 amide bonds. The minimum Gasteiger partial charge on any atom is -0.465 e. The number of aryl methyl sites for hydroxylation is 1. The molecule has 1 fully saturated rings. The standard InChI is InChI=1S/C16H29N3O/c1-4-6-18-7-9-19(10-8-18)13-15-11-16(12-17-5-2)20-14(15)3/h11,17H,4-10,12-13H2,1-3H3. The van der Waals surface area contributed by atoms with E-state index in [2.05, 4.69) is 42.0 Å². The van der Waals surface area contributed by atoms with Gasteiger partial charge in [-0.3, -0.25) is 4.90 Å². The van der Waals surface area contributed by atoms with Gasteiger partial charge in [-0.15, -0.1) is 0 Å². The smallest absolute Gasteiger partial charge is 0.118 e. The summed E-state index contributed by atoms with van der Waals surface area (Å²) < 4.78 is 5.82. The zero-order valence-corrected chi connectivity index (χ0v) is 13.2. The van der Waals surface area contributed by atoms with Crippen molar-refractivity contribution in [3.8, 4) is 0 Å². The minimum atomic E-state index is 0.835. The molecular weight excluding hydrogens is 250 g/mol. The predicted octanol–water partition coefficient (Wildman–Crippen LogP) is 2.23. The van der Waals surface area contributed by atoms with E-state index < -0.39 is 0 Å². The van der Waals surface area contributed by atoms with E-state index >= 15 is 0 Å². The first-order valence-corrected chi connectivity index (χ1v) is 7.96. The maximum Gasteiger partial charge on any atom is 0.118 e. The number of nitrogens with zero attached hydrogens (tertiary/aromatic N) is 2. The molecule has 1 saturated heterocycles. The molecule has 114 valence electrons. The Morgan fingerprint density at radius 2 is 1.85 bits per heavy atom. The molecule has 0 saturated carbocycles. The van der Waals surface area contributed by atoms with Crippen LogP contribution in [0.4, 0.5) is 0 Å². The van der Waals surface area contributed by atoms with Crippen molar-refractivity contribution in [3.05, 3.63) is 23.2 Å². The van der Waals surface area contributed by atoms with Crippen molar-refractivity contribution in [2.45, 2.75) is 40.3 Å². The third-order valence-electron chi connectivity index (χ3n) is 4.02. The number of hydrogen-bond acceptors (Lipinski definition) is 4. The van der Waals surface area contributed by atoms with Gasteiger partial charge in [-0.2, -0.15) is 0 Å². The fourth-order valence-electron chi connectivity index (χ4n) is 2.81. The summed E-state index contributed by atoms with van der Waals surface area (Å²) in [5.74, 6) is 2.14. The van der Waals surface area contributed by atoms with Crippen LogP contribution in [0.15, 0.2) is 10.5 Å². The average Bonchev–Trinajstić information content (AvgIpc) is 2.79. The minimum absolute atomic E-state index is 0.835. The number of hydrogen-bond donors (Lipinski definition) is 1. The van der Waals surface area contributed by atoms with Gasteiger partial charge < -0.3 is 14.6 Å². The Morgan fingerprint density at radius 3 is 2.50 bits per heavy atom. The van der Waals surface area contributed by atoms with Crippen LogP contribution in [0.1, 0.15) is 37.4 Å². The molecule has 0 bridgehead atoms. The van der Waals surface area contributed by atoms with E-state index in [9.17, 15) is 0 Å². The fourth-order valence-corrected chi connectivity index (χ4v) is 2.81. The van der Waals surface area contributed by atoms with Gasteiger partial charge >= 0.3 is 0 Å². The summed E-state index contributed by atoms with van der Waals surface area (Å²) in [6.07, 6.45) is 1.26. The maximum atomic E-state index is 5.82. The molecule has 20 heavy (non-hydrogen) atoms. The number of rotatable bonds is 7. The van der Waals surface area contributed by atoms with Crippen LogP contribution in [0.25, 0.3) is 0 Å². The lowest BCUT2D eigenvalue weighted by atomic mass is 10.2. The van der Waals surface area contributed by atoms with Gasteiger partial charge in [0.15, 0.2) is 0 Å². The zero-order valence-electron chi connectivity index (χ0n) is 13.2. The second-order valence-corrected chi connectivity index (χ2v) is 5.69. The molecule has 4 heteroatoms. The van der Waals surface area contributed by atoms with Gasteiger partial charge in [0, 0.05) is 38.3 Å². The normalized spacial score (nSPS) is 17.8. The first kappa shape index (κ1) is 15.5. The topological polar surface area (TPSA) is 31.6 Å². The molecule has 0 aromatic carbocycles. The van der Waals surface area contributed by atoms with E-state index in [1.54, 1.807) is 0 Å². The molecule has 0 spiro atoms. The van der Waals surface area contributed by atoms with Crippen molar-refractivity contribution >= 4 is 0 Å². The predicted molar refractivity (Wildman–Crippen MR) is 82.8 cm³/mol. The van der Waals surface area contributed by atoms with E-state index in [1.807, 2.05) is 0 Å². The molecule has 0 radical (unpaired) electrons. The lowest BCUT2D eigenvalue weighted by Crippen LogP contribution is -2.46. The lowest BCUT2D eigenvalue weighted by Gasteiger charge is -2.34. The Morgan fingerprint density at radius 1 is 1.15 bits per heavy atom. The Hall–Kier alpha value is -0.840. The Kier molecular flexibility index (Phi) is 6.07. The summed E-state index contributed by atoms with van der Waals surface area (Å²) in [6, 6.07) is 2.22. The Labute approximate surface area is 123 Å². The first-order valence-electron chi connectivity index (χ1n) is 7.96. The molecular formula is C16H29N3O. The van der Waals surface area contributed by atoms with E-state index in [0.717, 1.165) is 31.2 Å². The highest BCUT2D eigenvalue weighted by molar-refractivity contribution is 5.20. The molecule has 1 aromatic rings. The molecule has 0 unspecified atom stereocenters. The zero-order chi connectivity index (χ0) is 14.4. The monoisotopic (exact) mass is 279 g/mol. The van der Waals surface area contributed by atoms with Gasteiger partial charge in [0.1, 0.15) is 11.5 Å². The third-order valence-corrected chi connectivity index (χ3v) is 4.02. The van der Waals surface area contributed by atoms with Crippen molar-refractivity contribution in [3.63, 3.8) is 0 Å². The van der Waals surface area contributed by atoms with Crippen LogP contribution in [0.2, 0.25) is 0 Å². The number of piperazine rings is 1. The van der Waals surface area contributed by atoms with Gasteiger partial charge in [0.2, 0.25) is 0 Å². The van der Waals surface area contributed by atoms with Crippen LogP contribution in [0.5, 0.6) is 0 Å². The van der Waals surface area contributed by atoms with E-state index in [4.69, 9.17) is 4.42 Å². The molecule has 1 aliphatic rings. The molecule has 4 nitrogen and oxygen atoms in total. The summed E-state index contributed by atoms with van der Waals surface area (Å²) in [4.78, 5) is 5.11. The van der Waals surface area contributed by atoms with Crippen LogP contribution in [-0.4, -0.2) is 49.1 Å². The van der Waals surface area contributed by atoms with E-state index in [-0.39, 0.29) is 0 Å². The summed E-state index contributed by atoms with van der Waals surface area (Å²) in [5, 5.41) is 3.31. The van der Waals surface area contributed by atoms with Crippen LogP contribution in [0, 0.1) is 6.92 Å². The molecule has 1 N–H and O–H groups in total. The van der Waals surface area contributed by atoms with Crippen LogP contribution in [0.3, 0.4) is 0 Å². The van der Waals surface area contributed by atoms with Gasteiger partial charge in [-0.25, -0.2) is 0 Å². The Bertz CT molecular complexity index is 394. The van der Waals surface area contributed by atoms with Crippen LogP contribution < -0.4 is 5.32 Å². The highest BCUT2D eigenvalue weighted by Gasteiger charge is 2.18. The highest BCUT2D eigenvalue weighted by atomic mass is 16.3. The van der Waals surface area contributed by atoms with Gasteiger partial charge in [0.05, 0.1) is 6.54 Å². The van der Waals surface area contributed by atoms with Crippen LogP contribution >= 0.6 is 0 Å². The van der Waals surface area contributed by atoms with Crippen molar-refractivity contribution in [1.82, 2.24) is 15.1 Å². The van der Waals surface area contributed by atoms with Crippen molar-refractivity contribution in [1.29, 1.82) is 0 Å². The Balaban J connectivity index is 1.83. The SMILES string of the molecule is CCCN1CCN(Cc2cc(CNCC)oc2C)CC1. The van der Waals surface area contributed by atoms with Gasteiger partial charge in [-0.05, 0) is 32.5 Å². The summed E-state index contributed by atoms with van der Waals surface area (Å²) in [5.41, 5.74) is 1.35. The number of nitrogens with one attached hydrogen (secondary N) is 1. The largest absolute Gasteiger partial charge is 0.465 e. The molecule has 0 aliphatic carbocycles. The average molecular weight is 279 g/mol. The number of furan rings is 1. The molecule has 1 aromatic heterocycles.